The van der Waals surface area contributed by atoms with Crippen LogP contribution in [-0.2, 0) is 11.3 Å². The molecule has 0 spiro atoms. The number of piperidine rings is 1. The van der Waals surface area contributed by atoms with Crippen LogP contribution in [0.5, 0.6) is 17.2 Å². The highest BCUT2D eigenvalue weighted by Crippen LogP contribution is 2.24. The minimum atomic E-state index is 0.146. The molecule has 1 atom stereocenters. The Hall–Kier alpha value is -2.53. The predicted molar refractivity (Wildman–Crippen MR) is 92.4 cm³/mol. The molecule has 0 unspecified atom stereocenters. The Morgan fingerprint density at radius 3 is 2.25 bits per heavy atom. The third kappa shape index (κ3) is 4.49. The van der Waals surface area contributed by atoms with E-state index in [4.69, 9.17) is 9.47 Å². The second-order valence-electron chi connectivity index (χ2n) is 5.84. The molecule has 1 fully saturated rings. The standard InChI is InChI=1S/C19H22N2O3/c1-23-16-7-9-18(10-8-16)24-17-5-2-14(3-6-17)12-20-15-4-11-19(22)21-13-15/h2-3,5-10,15,20H,4,11-13H2,1H3,(H,21,22)/t15-/m0/s1. The van der Waals surface area contributed by atoms with Crippen molar-refractivity contribution in [3.63, 3.8) is 0 Å². The van der Waals surface area contributed by atoms with Crippen LogP contribution in [0.1, 0.15) is 18.4 Å². The number of carbonyl (C=O) groups is 1. The maximum atomic E-state index is 11.1. The van der Waals surface area contributed by atoms with Crippen LogP contribution < -0.4 is 20.1 Å². The summed E-state index contributed by atoms with van der Waals surface area (Å²) in [6.07, 6.45) is 1.50. The van der Waals surface area contributed by atoms with Gasteiger partial charge in [0.15, 0.2) is 0 Å². The lowest BCUT2D eigenvalue weighted by atomic mass is 10.1. The van der Waals surface area contributed by atoms with Gasteiger partial charge in [0.2, 0.25) is 5.91 Å². The first-order valence-electron chi connectivity index (χ1n) is 8.14. The number of amides is 1. The number of methoxy groups -OCH3 is 1. The molecule has 5 heteroatoms. The highest BCUT2D eigenvalue weighted by Gasteiger charge is 2.16. The van der Waals surface area contributed by atoms with Gasteiger partial charge in [0, 0.05) is 25.6 Å². The second-order valence-corrected chi connectivity index (χ2v) is 5.84. The molecule has 0 aliphatic carbocycles. The van der Waals surface area contributed by atoms with Crippen molar-refractivity contribution in [2.75, 3.05) is 13.7 Å². The van der Waals surface area contributed by atoms with Crippen molar-refractivity contribution in [2.45, 2.75) is 25.4 Å². The lowest BCUT2D eigenvalue weighted by molar-refractivity contribution is -0.122. The van der Waals surface area contributed by atoms with Gasteiger partial charge in [-0.2, -0.15) is 0 Å². The van der Waals surface area contributed by atoms with Crippen molar-refractivity contribution in [2.24, 2.45) is 0 Å². The van der Waals surface area contributed by atoms with Gasteiger partial charge >= 0.3 is 0 Å². The molecule has 1 aliphatic heterocycles. The molecule has 2 aromatic carbocycles. The smallest absolute Gasteiger partial charge is 0.220 e. The molecule has 0 saturated carbocycles. The zero-order chi connectivity index (χ0) is 16.8. The number of nitrogens with one attached hydrogen (secondary N) is 2. The summed E-state index contributed by atoms with van der Waals surface area (Å²) in [5.74, 6) is 2.53. The first kappa shape index (κ1) is 16.3. The molecule has 5 nitrogen and oxygen atoms in total. The van der Waals surface area contributed by atoms with Gasteiger partial charge in [0.1, 0.15) is 17.2 Å². The molecule has 1 aliphatic rings. The summed E-state index contributed by atoms with van der Waals surface area (Å²) in [6, 6.07) is 15.9. The van der Waals surface area contributed by atoms with Gasteiger partial charge in [-0.3, -0.25) is 4.79 Å². The topological polar surface area (TPSA) is 59.6 Å². The number of ether oxygens (including phenoxy) is 2. The monoisotopic (exact) mass is 326 g/mol. The van der Waals surface area contributed by atoms with Crippen molar-refractivity contribution in [1.82, 2.24) is 10.6 Å². The van der Waals surface area contributed by atoms with Gasteiger partial charge in [-0.1, -0.05) is 12.1 Å². The van der Waals surface area contributed by atoms with E-state index in [-0.39, 0.29) is 5.91 Å². The van der Waals surface area contributed by atoms with Gasteiger partial charge in [-0.25, -0.2) is 0 Å². The second kappa shape index (κ2) is 7.84. The molecule has 0 bridgehead atoms. The van der Waals surface area contributed by atoms with Crippen molar-refractivity contribution >= 4 is 5.91 Å². The average Bonchev–Trinajstić information content (AvgIpc) is 2.63. The van der Waals surface area contributed by atoms with Crippen LogP contribution in [0.2, 0.25) is 0 Å². The predicted octanol–water partition coefficient (Wildman–Crippen LogP) is 2.86. The summed E-state index contributed by atoms with van der Waals surface area (Å²) in [4.78, 5) is 11.1. The van der Waals surface area contributed by atoms with Crippen LogP contribution >= 0.6 is 0 Å². The van der Waals surface area contributed by atoms with Crippen LogP contribution in [0.25, 0.3) is 0 Å². The molecular formula is C19H22N2O3. The fourth-order valence-corrected chi connectivity index (χ4v) is 2.62. The Bertz CT molecular complexity index is 658. The maximum Gasteiger partial charge on any atom is 0.220 e. The van der Waals surface area contributed by atoms with E-state index >= 15 is 0 Å². The van der Waals surface area contributed by atoms with Gasteiger partial charge in [-0.15, -0.1) is 0 Å². The zero-order valence-corrected chi connectivity index (χ0v) is 13.7. The lowest BCUT2D eigenvalue weighted by Crippen LogP contribution is -2.45. The van der Waals surface area contributed by atoms with Crippen LogP contribution in [0.3, 0.4) is 0 Å². The summed E-state index contributed by atoms with van der Waals surface area (Å²) >= 11 is 0. The third-order valence-electron chi connectivity index (χ3n) is 4.08. The quantitative estimate of drug-likeness (QED) is 0.857. The van der Waals surface area contributed by atoms with Crippen molar-refractivity contribution < 1.29 is 14.3 Å². The summed E-state index contributed by atoms with van der Waals surface area (Å²) in [5, 5.41) is 6.35. The van der Waals surface area contributed by atoms with E-state index in [1.165, 1.54) is 5.56 Å². The molecular weight excluding hydrogens is 304 g/mol. The van der Waals surface area contributed by atoms with E-state index in [1.54, 1.807) is 7.11 Å². The molecule has 3 rings (SSSR count). The fourth-order valence-electron chi connectivity index (χ4n) is 2.62. The molecule has 1 saturated heterocycles. The molecule has 1 heterocycles. The Kier molecular flexibility index (Phi) is 5.33. The Morgan fingerprint density at radius 2 is 1.67 bits per heavy atom. The molecule has 0 radical (unpaired) electrons. The van der Waals surface area contributed by atoms with E-state index in [2.05, 4.69) is 10.6 Å². The SMILES string of the molecule is COc1ccc(Oc2ccc(CN[C@H]3CCC(=O)NC3)cc2)cc1. The minimum absolute atomic E-state index is 0.146. The highest BCUT2D eigenvalue weighted by molar-refractivity contribution is 5.76. The lowest BCUT2D eigenvalue weighted by Gasteiger charge is -2.23. The Labute approximate surface area is 142 Å². The van der Waals surface area contributed by atoms with Crippen LogP contribution in [0, 0.1) is 0 Å². The van der Waals surface area contributed by atoms with Gasteiger partial charge in [0.05, 0.1) is 7.11 Å². The third-order valence-corrected chi connectivity index (χ3v) is 4.08. The van der Waals surface area contributed by atoms with Crippen molar-refractivity contribution in [1.29, 1.82) is 0 Å². The summed E-state index contributed by atoms with van der Waals surface area (Å²) in [6.45, 7) is 1.49. The molecule has 0 aromatic heterocycles. The maximum absolute atomic E-state index is 11.1. The number of benzene rings is 2. The Morgan fingerprint density at radius 1 is 1.04 bits per heavy atom. The number of hydrogen-bond acceptors (Lipinski definition) is 4. The molecule has 1 amide bonds. The molecule has 2 aromatic rings. The van der Waals surface area contributed by atoms with Crippen LogP contribution in [0.15, 0.2) is 48.5 Å². The number of hydrogen-bond donors (Lipinski definition) is 2. The first-order chi connectivity index (χ1) is 11.7. The van der Waals surface area contributed by atoms with Gasteiger partial charge < -0.3 is 20.1 Å². The average molecular weight is 326 g/mol. The van der Waals surface area contributed by atoms with Crippen molar-refractivity contribution in [3.05, 3.63) is 54.1 Å². The van der Waals surface area contributed by atoms with E-state index in [0.717, 1.165) is 30.2 Å². The number of rotatable bonds is 6. The molecule has 126 valence electrons. The summed E-state index contributed by atoms with van der Waals surface area (Å²) < 4.78 is 10.9. The largest absolute Gasteiger partial charge is 0.497 e. The number of carbonyl (C=O) groups excluding carboxylic acids is 1. The van der Waals surface area contributed by atoms with E-state index in [0.29, 0.717) is 19.0 Å². The summed E-state index contributed by atoms with van der Waals surface area (Å²) in [7, 11) is 1.64. The van der Waals surface area contributed by atoms with E-state index in [9.17, 15) is 4.79 Å². The normalized spacial score (nSPS) is 17.2. The van der Waals surface area contributed by atoms with Gasteiger partial charge in [-0.05, 0) is 48.4 Å². The molecule has 24 heavy (non-hydrogen) atoms. The van der Waals surface area contributed by atoms with E-state index in [1.807, 2.05) is 48.5 Å². The first-order valence-corrected chi connectivity index (χ1v) is 8.14. The van der Waals surface area contributed by atoms with E-state index < -0.39 is 0 Å². The van der Waals surface area contributed by atoms with Crippen molar-refractivity contribution in [3.8, 4) is 17.2 Å². The Balaban J connectivity index is 1.50. The fraction of sp³-hybridized carbons (Fsp3) is 0.316. The molecule has 2 N–H and O–H groups in total. The zero-order valence-electron chi connectivity index (χ0n) is 13.7. The highest BCUT2D eigenvalue weighted by atomic mass is 16.5. The van der Waals surface area contributed by atoms with Crippen LogP contribution in [0.4, 0.5) is 0 Å². The van der Waals surface area contributed by atoms with Crippen LogP contribution in [-0.4, -0.2) is 25.6 Å². The summed E-state index contributed by atoms with van der Waals surface area (Å²) in [5.41, 5.74) is 1.19. The van der Waals surface area contributed by atoms with Gasteiger partial charge in [0.25, 0.3) is 0 Å². The minimum Gasteiger partial charge on any atom is -0.497 e.